The fourth-order valence-electron chi connectivity index (χ4n) is 2.82. The molecule has 1 amide bonds. The third-order valence-corrected chi connectivity index (χ3v) is 7.79. The Labute approximate surface area is 214 Å². The standard InChI is InChI=1S/C21H20Cl3N5O2S2/c1-2-16(25-21(31)32-11-10-13-6-4-3-5-7-13)17(30)12-29-20(26-27-28-29)33-19-15(23)9-8-14(22)18(19)24/h3-9,16H,2,10-12H2,1H3,(H,25,31). The van der Waals surface area contributed by atoms with E-state index in [9.17, 15) is 9.59 Å². The minimum absolute atomic E-state index is 0.112. The number of hydrogen-bond acceptors (Lipinski definition) is 7. The van der Waals surface area contributed by atoms with Crippen molar-refractivity contribution in [1.82, 2.24) is 25.5 Å². The first kappa shape index (κ1) is 25.8. The maximum absolute atomic E-state index is 12.8. The minimum atomic E-state index is -0.651. The van der Waals surface area contributed by atoms with Gasteiger partial charge >= 0.3 is 0 Å². The van der Waals surface area contributed by atoms with E-state index in [-0.39, 0.29) is 22.6 Å². The zero-order valence-electron chi connectivity index (χ0n) is 17.5. The van der Waals surface area contributed by atoms with Crippen molar-refractivity contribution < 1.29 is 9.59 Å². The number of carbonyl (C=O) groups excluding carboxylic acids is 2. The van der Waals surface area contributed by atoms with Gasteiger partial charge in [-0.15, -0.1) is 5.10 Å². The van der Waals surface area contributed by atoms with Gasteiger partial charge in [0.15, 0.2) is 5.78 Å². The third-order valence-electron chi connectivity index (χ3n) is 4.56. The zero-order valence-corrected chi connectivity index (χ0v) is 21.4. The Balaban J connectivity index is 1.57. The zero-order chi connectivity index (χ0) is 23.8. The highest BCUT2D eigenvalue weighted by Crippen LogP contribution is 2.41. The van der Waals surface area contributed by atoms with Crippen LogP contribution in [0.3, 0.4) is 0 Å². The van der Waals surface area contributed by atoms with E-state index in [1.165, 1.54) is 4.68 Å². The lowest BCUT2D eigenvalue weighted by Gasteiger charge is -2.16. The summed E-state index contributed by atoms with van der Waals surface area (Å²) < 4.78 is 1.35. The number of rotatable bonds is 10. The summed E-state index contributed by atoms with van der Waals surface area (Å²) in [5.74, 6) is 0.405. The van der Waals surface area contributed by atoms with E-state index in [0.29, 0.717) is 32.3 Å². The second-order valence-corrected chi connectivity index (χ2v) is 10.1. The number of Topliss-reactive ketones (excluding diaryl/α,β-unsaturated/α-hetero) is 1. The van der Waals surface area contributed by atoms with Crippen LogP contribution in [-0.4, -0.2) is 43.0 Å². The van der Waals surface area contributed by atoms with Crippen LogP contribution < -0.4 is 5.32 Å². The van der Waals surface area contributed by atoms with Crippen molar-refractivity contribution in [1.29, 1.82) is 0 Å². The molecule has 3 rings (SSSR count). The largest absolute Gasteiger partial charge is 0.337 e. The number of aromatic nitrogens is 4. The molecule has 0 bridgehead atoms. The maximum atomic E-state index is 12.8. The van der Waals surface area contributed by atoms with Crippen molar-refractivity contribution in [2.45, 2.75) is 42.4 Å². The molecule has 1 heterocycles. The van der Waals surface area contributed by atoms with E-state index < -0.39 is 6.04 Å². The highest BCUT2D eigenvalue weighted by atomic mass is 35.5. The van der Waals surface area contributed by atoms with Crippen molar-refractivity contribution >= 4 is 69.3 Å². The minimum Gasteiger partial charge on any atom is -0.337 e. The molecule has 12 heteroatoms. The monoisotopic (exact) mass is 543 g/mol. The summed E-state index contributed by atoms with van der Waals surface area (Å²) in [6, 6.07) is 12.5. The van der Waals surface area contributed by atoms with Crippen LogP contribution in [0.1, 0.15) is 18.9 Å². The quantitative estimate of drug-likeness (QED) is 0.322. The van der Waals surface area contributed by atoms with Gasteiger partial charge in [0.1, 0.15) is 6.54 Å². The van der Waals surface area contributed by atoms with Gasteiger partial charge in [-0.05, 0) is 52.7 Å². The van der Waals surface area contributed by atoms with Crippen molar-refractivity contribution in [3.8, 4) is 0 Å². The van der Waals surface area contributed by atoms with E-state index >= 15 is 0 Å². The number of thioether (sulfide) groups is 1. The van der Waals surface area contributed by atoms with Crippen molar-refractivity contribution in [2.24, 2.45) is 0 Å². The number of halogens is 3. The molecular weight excluding hydrogens is 525 g/mol. The molecule has 0 radical (unpaired) electrons. The molecule has 1 aromatic heterocycles. The van der Waals surface area contributed by atoms with E-state index in [1.54, 1.807) is 12.1 Å². The van der Waals surface area contributed by atoms with Crippen molar-refractivity contribution in [2.75, 3.05) is 5.75 Å². The second kappa shape index (κ2) is 12.6. The van der Waals surface area contributed by atoms with Gasteiger partial charge in [-0.3, -0.25) is 9.59 Å². The summed E-state index contributed by atoms with van der Waals surface area (Å²) in [7, 11) is 0. The van der Waals surface area contributed by atoms with Crippen LogP contribution >= 0.6 is 58.3 Å². The SMILES string of the molecule is CCC(NC(=O)SCCc1ccccc1)C(=O)Cn1nnnc1Sc1c(Cl)ccc(Cl)c1Cl. The molecule has 0 aliphatic rings. The molecular formula is C21H20Cl3N5O2S2. The first-order chi connectivity index (χ1) is 15.9. The van der Waals surface area contributed by atoms with Crippen molar-refractivity contribution in [3.05, 3.63) is 63.1 Å². The molecule has 7 nitrogen and oxygen atoms in total. The normalized spacial score (nSPS) is 11.9. The lowest BCUT2D eigenvalue weighted by Crippen LogP contribution is -2.40. The Morgan fingerprint density at radius 3 is 2.55 bits per heavy atom. The molecule has 0 saturated heterocycles. The number of aryl methyl sites for hydroxylation is 1. The van der Waals surface area contributed by atoms with E-state index in [2.05, 4.69) is 20.8 Å². The average molecular weight is 545 g/mol. The summed E-state index contributed by atoms with van der Waals surface area (Å²) in [6.07, 6.45) is 1.21. The molecule has 0 fully saturated rings. The Morgan fingerprint density at radius 1 is 1.09 bits per heavy atom. The van der Waals surface area contributed by atoms with Gasteiger partial charge in [-0.2, -0.15) is 0 Å². The highest BCUT2D eigenvalue weighted by molar-refractivity contribution is 8.13. The van der Waals surface area contributed by atoms with Crippen molar-refractivity contribution in [3.63, 3.8) is 0 Å². The summed E-state index contributed by atoms with van der Waals surface area (Å²) in [6.45, 7) is 1.72. The Bertz CT molecular complexity index is 1110. The number of hydrogen-bond donors (Lipinski definition) is 1. The molecule has 174 valence electrons. The lowest BCUT2D eigenvalue weighted by atomic mass is 10.1. The van der Waals surface area contributed by atoms with Crippen LogP contribution in [0.2, 0.25) is 15.1 Å². The summed E-state index contributed by atoms with van der Waals surface area (Å²) in [5, 5.41) is 15.4. The van der Waals surface area contributed by atoms with Crippen LogP contribution in [0, 0.1) is 0 Å². The number of benzene rings is 2. The Morgan fingerprint density at radius 2 is 1.82 bits per heavy atom. The van der Waals surface area contributed by atoms with Gasteiger partial charge in [-0.25, -0.2) is 4.68 Å². The molecule has 2 aromatic carbocycles. The van der Waals surface area contributed by atoms with Crippen LogP contribution in [0.15, 0.2) is 52.5 Å². The number of ketones is 1. The number of nitrogens with zero attached hydrogens (tertiary/aromatic N) is 4. The number of carbonyl (C=O) groups is 2. The highest BCUT2D eigenvalue weighted by Gasteiger charge is 2.22. The molecule has 1 N–H and O–H groups in total. The summed E-state index contributed by atoms with van der Waals surface area (Å²) in [4.78, 5) is 25.7. The summed E-state index contributed by atoms with van der Waals surface area (Å²) >= 11 is 20.8. The van der Waals surface area contributed by atoms with E-state index in [1.807, 2.05) is 37.3 Å². The molecule has 33 heavy (non-hydrogen) atoms. The Kier molecular flexibility index (Phi) is 9.88. The topological polar surface area (TPSA) is 89.8 Å². The predicted molar refractivity (Wildman–Crippen MR) is 134 cm³/mol. The summed E-state index contributed by atoms with van der Waals surface area (Å²) in [5.41, 5.74) is 1.16. The number of amides is 1. The smallest absolute Gasteiger partial charge is 0.279 e. The molecule has 1 unspecified atom stereocenters. The molecule has 0 saturated carbocycles. The fourth-order valence-corrected chi connectivity index (χ4v) is 5.22. The van der Waals surface area contributed by atoms with Crippen LogP contribution in [-0.2, 0) is 17.8 Å². The molecule has 3 aromatic rings. The van der Waals surface area contributed by atoms with Gasteiger partial charge in [0, 0.05) is 5.75 Å². The third kappa shape index (κ3) is 7.35. The number of nitrogens with one attached hydrogen (secondary N) is 1. The molecule has 1 atom stereocenters. The lowest BCUT2D eigenvalue weighted by molar-refractivity contribution is -0.121. The average Bonchev–Trinajstić information content (AvgIpc) is 3.24. The van der Waals surface area contributed by atoms with Gasteiger partial charge in [0.05, 0.1) is 26.0 Å². The van der Waals surface area contributed by atoms with Crippen LogP contribution in [0.25, 0.3) is 0 Å². The fraction of sp³-hybridized carbons (Fsp3) is 0.286. The predicted octanol–water partition coefficient (Wildman–Crippen LogP) is 5.82. The number of tetrazole rings is 1. The molecule has 0 aliphatic heterocycles. The van der Waals surface area contributed by atoms with Gasteiger partial charge < -0.3 is 5.32 Å². The van der Waals surface area contributed by atoms with Crippen LogP contribution in [0.4, 0.5) is 4.79 Å². The molecule has 0 spiro atoms. The first-order valence-electron chi connectivity index (χ1n) is 9.96. The first-order valence-corrected chi connectivity index (χ1v) is 12.9. The maximum Gasteiger partial charge on any atom is 0.279 e. The van der Waals surface area contributed by atoms with Crippen LogP contribution in [0.5, 0.6) is 0 Å². The van der Waals surface area contributed by atoms with Gasteiger partial charge in [-0.1, -0.05) is 83.8 Å². The molecule has 0 aliphatic carbocycles. The van der Waals surface area contributed by atoms with E-state index in [0.717, 1.165) is 35.5 Å². The second-order valence-electron chi connectivity index (χ2n) is 6.84. The van der Waals surface area contributed by atoms with Gasteiger partial charge in [0.2, 0.25) is 5.16 Å². The van der Waals surface area contributed by atoms with E-state index in [4.69, 9.17) is 34.8 Å². The van der Waals surface area contributed by atoms with Gasteiger partial charge in [0.25, 0.3) is 5.24 Å². The Hall–Kier alpha value is -1.78.